The van der Waals surface area contributed by atoms with E-state index in [0.29, 0.717) is 13.0 Å². The third-order valence-corrected chi connectivity index (χ3v) is 5.03. The van der Waals surface area contributed by atoms with E-state index in [2.05, 4.69) is 0 Å². The number of hydrogen-bond acceptors (Lipinski definition) is 4. The Balaban J connectivity index is 2.38. The third-order valence-electron chi connectivity index (χ3n) is 3.20. The van der Waals surface area contributed by atoms with E-state index in [1.54, 1.807) is 6.92 Å². The summed E-state index contributed by atoms with van der Waals surface area (Å²) in [5.41, 5.74) is -0.0548. The van der Waals surface area contributed by atoms with E-state index in [0.717, 1.165) is 6.07 Å². The molecular formula is C11H16N2O5S. The monoisotopic (exact) mass is 288 g/mol. The molecule has 2 heterocycles. The van der Waals surface area contributed by atoms with Crippen LogP contribution < -0.4 is 0 Å². The summed E-state index contributed by atoms with van der Waals surface area (Å²) < 4.78 is 27.1. The minimum Gasteiger partial charge on any atom is -0.477 e. The summed E-state index contributed by atoms with van der Waals surface area (Å²) >= 11 is 0. The van der Waals surface area contributed by atoms with Crippen LogP contribution in [0.4, 0.5) is 0 Å². The molecule has 0 aliphatic carbocycles. The zero-order chi connectivity index (χ0) is 14.2. The predicted molar refractivity (Wildman–Crippen MR) is 66.4 cm³/mol. The molecule has 7 nitrogen and oxygen atoms in total. The lowest BCUT2D eigenvalue weighted by Crippen LogP contribution is -2.29. The highest BCUT2D eigenvalue weighted by Gasteiger charge is 2.33. The van der Waals surface area contributed by atoms with Gasteiger partial charge in [-0.25, -0.2) is 13.2 Å². The average molecular weight is 288 g/mol. The molecule has 1 fully saturated rings. The number of nitrogens with zero attached hydrogens (tertiary/aromatic N) is 2. The average Bonchev–Trinajstić information content (AvgIpc) is 2.94. The number of aliphatic hydroxyl groups excluding tert-OH is 1. The van der Waals surface area contributed by atoms with Crippen molar-refractivity contribution in [1.82, 2.24) is 8.87 Å². The fraction of sp³-hybridized carbons (Fsp3) is 0.545. The molecule has 1 aliphatic rings. The predicted octanol–water partition coefficient (Wildman–Crippen LogP) is -0.0385. The van der Waals surface area contributed by atoms with Crippen LogP contribution in [0.15, 0.2) is 17.2 Å². The number of hydrogen-bond donors (Lipinski definition) is 2. The second-order valence-electron chi connectivity index (χ2n) is 4.46. The van der Waals surface area contributed by atoms with Crippen molar-refractivity contribution >= 4 is 16.0 Å². The van der Waals surface area contributed by atoms with E-state index in [1.165, 1.54) is 15.1 Å². The Labute approximate surface area is 111 Å². The fourth-order valence-electron chi connectivity index (χ4n) is 2.14. The number of carboxylic acid groups (broad SMARTS) is 1. The van der Waals surface area contributed by atoms with Crippen LogP contribution in [0.5, 0.6) is 0 Å². The van der Waals surface area contributed by atoms with E-state index in [-0.39, 0.29) is 23.7 Å². The molecule has 0 bridgehead atoms. The summed E-state index contributed by atoms with van der Waals surface area (Å²) in [7, 11) is -3.73. The smallest absolute Gasteiger partial charge is 0.352 e. The van der Waals surface area contributed by atoms with Crippen molar-refractivity contribution in [3.63, 3.8) is 0 Å². The first-order chi connectivity index (χ1) is 8.86. The molecule has 0 amide bonds. The SMILES string of the molecule is CCn1cc(S(=O)(=O)N2CC[C@H](O)C2)cc1C(=O)O. The van der Waals surface area contributed by atoms with Gasteiger partial charge in [-0.15, -0.1) is 0 Å². The summed E-state index contributed by atoms with van der Waals surface area (Å²) in [5, 5.41) is 18.4. The van der Waals surface area contributed by atoms with Crippen molar-refractivity contribution in [2.45, 2.75) is 30.9 Å². The van der Waals surface area contributed by atoms with Gasteiger partial charge < -0.3 is 14.8 Å². The van der Waals surface area contributed by atoms with Gasteiger partial charge in [0.15, 0.2) is 0 Å². The van der Waals surface area contributed by atoms with Crippen molar-refractivity contribution in [1.29, 1.82) is 0 Å². The second kappa shape index (κ2) is 4.95. The minimum atomic E-state index is -3.73. The van der Waals surface area contributed by atoms with Crippen LogP contribution in [0, 0.1) is 0 Å². The first-order valence-corrected chi connectivity index (χ1v) is 7.42. The number of aromatic nitrogens is 1. The Bertz CT molecular complexity index is 592. The highest BCUT2D eigenvalue weighted by atomic mass is 32.2. The quantitative estimate of drug-likeness (QED) is 0.810. The molecule has 0 radical (unpaired) electrons. The molecule has 8 heteroatoms. The van der Waals surface area contributed by atoms with Crippen LogP contribution in [-0.4, -0.2) is 52.7 Å². The van der Waals surface area contributed by atoms with Gasteiger partial charge in [-0.05, 0) is 19.4 Å². The molecule has 1 aromatic heterocycles. The highest BCUT2D eigenvalue weighted by Crippen LogP contribution is 2.23. The number of aromatic carboxylic acids is 1. The molecule has 2 N–H and O–H groups in total. The molecule has 0 aromatic carbocycles. The molecule has 2 rings (SSSR count). The maximum atomic E-state index is 12.3. The number of aliphatic hydroxyl groups is 1. The number of β-amino-alcohol motifs (C(OH)–C–C–N with tert-alkyl or cyclic N) is 1. The van der Waals surface area contributed by atoms with E-state index in [9.17, 15) is 18.3 Å². The molecule has 0 saturated carbocycles. The van der Waals surface area contributed by atoms with Crippen LogP contribution >= 0.6 is 0 Å². The lowest BCUT2D eigenvalue weighted by Gasteiger charge is -2.14. The zero-order valence-corrected chi connectivity index (χ0v) is 11.3. The molecule has 1 saturated heterocycles. The van der Waals surface area contributed by atoms with Crippen molar-refractivity contribution in [2.24, 2.45) is 0 Å². The van der Waals surface area contributed by atoms with Gasteiger partial charge >= 0.3 is 5.97 Å². The fourth-order valence-corrected chi connectivity index (χ4v) is 3.68. The molecule has 1 aliphatic heterocycles. The molecule has 0 spiro atoms. The zero-order valence-electron chi connectivity index (χ0n) is 10.5. The largest absolute Gasteiger partial charge is 0.477 e. The van der Waals surface area contributed by atoms with Crippen molar-refractivity contribution in [3.8, 4) is 0 Å². The van der Waals surface area contributed by atoms with E-state index in [4.69, 9.17) is 5.11 Å². The normalized spacial score (nSPS) is 20.8. The van der Waals surface area contributed by atoms with Gasteiger partial charge in [0, 0.05) is 25.8 Å². The van der Waals surface area contributed by atoms with Gasteiger partial charge in [0.05, 0.1) is 6.10 Å². The summed E-state index contributed by atoms with van der Waals surface area (Å²) in [6, 6.07) is 1.16. The highest BCUT2D eigenvalue weighted by molar-refractivity contribution is 7.89. The van der Waals surface area contributed by atoms with Crippen molar-refractivity contribution in [2.75, 3.05) is 13.1 Å². The second-order valence-corrected chi connectivity index (χ2v) is 6.40. The summed E-state index contributed by atoms with van der Waals surface area (Å²) in [5.74, 6) is -1.16. The number of aryl methyl sites for hydroxylation is 1. The minimum absolute atomic E-state index is 0.0409. The van der Waals surface area contributed by atoms with Crippen molar-refractivity contribution < 1.29 is 23.4 Å². The maximum Gasteiger partial charge on any atom is 0.352 e. The van der Waals surface area contributed by atoms with Gasteiger partial charge in [0.1, 0.15) is 10.6 Å². The molecule has 1 aromatic rings. The Morgan fingerprint density at radius 2 is 2.21 bits per heavy atom. The molecule has 106 valence electrons. The topological polar surface area (TPSA) is 99.8 Å². The van der Waals surface area contributed by atoms with Gasteiger partial charge in [0.2, 0.25) is 10.0 Å². The van der Waals surface area contributed by atoms with Gasteiger partial charge in [-0.1, -0.05) is 0 Å². The first kappa shape index (κ1) is 14.0. The number of carbonyl (C=O) groups is 1. The Kier molecular flexibility index (Phi) is 3.66. The van der Waals surface area contributed by atoms with Crippen LogP contribution in [0.25, 0.3) is 0 Å². The molecular weight excluding hydrogens is 272 g/mol. The van der Waals surface area contributed by atoms with Crippen molar-refractivity contribution in [3.05, 3.63) is 18.0 Å². The third kappa shape index (κ3) is 2.51. The standard InChI is InChI=1S/C11H16N2O5S/c1-2-12-7-9(5-10(12)11(15)16)19(17,18)13-4-3-8(14)6-13/h5,7-8,14H,2-4,6H2,1H3,(H,15,16)/t8-/m0/s1. The van der Waals surface area contributed by atoms with E-state index < -0.39 is 22.1 Å². The summed E-state index contributed by atoms with van der Waals surface area (Å²) in [6.07, 6.45) is 1.07. The molecule has 0 unspecified atom stereocenters. The number of sulfonamides is 1. The summed E-state index contributed by atoms with van der Waals surface area (Å²) in [4.78, 5) is 11.0. The Hall–Kier alpha value is -1.38. The van der Waals surface area contributed by atoms with Gasteiger partial charge in [-0.3, -0.25) is 0 Å². The van der Waals surface area contributed by atoms with E-state index >= 15 is 0 Å². The van der Waals surface area contributed by atoms with Gasteiger partial charge in [0.25, 0.3) is 0 Å². The summed E-state index contributed by atoms with van der Waals surface area (Å²) in [6.45, 7) is 2.42. The number of carboxylic acids is 1. The first-order valence-electron chi connectivity index (χ1n) is 5.98. The van der Waals surface area contributed by atoms with Gasteiger partial charge in [-0.2, -0.15) is 4.31 Å². The van der Waals surface area contributed by atoms with Crippen LogP contribution in [0.2, 0.25) is 0 Å². The number of rotatable bonds is 4. The molecule has 19 heavy (non-hydrogen) atoms. The Morgan fingerprint density at radius 3 is 2.63 bits per heavy atom. The molecule has 1 atom stereocenters. The lowest BCUT2D eigenvalue weighted by atomic mass is 10.3. The van der Waals surface area contributed by atoms with Crippen LogP contribution in [0.1, 0.15) is 23.8 Å². The van der Waals surface area contributed by atoms with E-state index in [1.807, 2.05) is 0 Å². The lowest BCUT2D eigenvalue weighted by molar-refractivity contribution is 0.0685. The Morgan fingerprint density at radius 1 is 1.53 bits per heavy atom. The maximum absolute atomic E-state index is 12.3. The van der Waals surface area contributed by atoms with Crippen LogP contribution in [0.3, 0.4) is 0 Å². The van der Waals surface area contributed by atoms with Crippen LogP contribution in [-0.2, 0) is 16.6 Å².